The van der Waals surface area contributed by atoms with E-state index in [0.717, 1.165) is 5.56 Å². The highest BCUT2D eigenvalue weighted by Crippen LogP contribution is 2.27. The molecule has 0 aliphatic heterocycles. The van der Waals surface area contributed by atoms with E-state index in [0.29, 0.717) is 16.7 Å². The summed E-state index contributed by atoms with van der Waals surface area (Å²) in [5.41, 5.74) is 1.23. The normalized spacial score (nSPS) is 11.4. The highest BCUT2D eigenvalue weighted by atomic mass is 79.9. The van der Waals surface area contributed by atoms with Crippen LogP contribution in [0.4, 0.5) is 5.69 Å². The average Bonchev–Trinajstić information content (AvgIpc) is 2.43. The number of halogens is 2. The summed E-state index contributed by atoms with van der Waals surface area (Å²) in [6.45, 7) is 0.554. The first-order chi connectivity index (χ1) is 9.94. The van der Waals surface area contributed by atoms with Gasteiger partial charge in [0, 0.05) is 18.9 Å². The van der Waals surface area contributed by atoms with Crippen molar-refractivity contribution in [3.05, 3.63) is 51.7 Å². The fraction of sp³-hybridized carbons (Fsp3) is 0.154. The molecule has 0 aliphatic carbocycles. The molecule has 0 atom stereocenters. The molecule has 0 fully saturated rings. The van der Waals surface area contributed by atoms with Crippen LogP contribution in [0.25, 0.3) is 0 Å². The summed E-state index contributed by atoms with van der Waals surface area (Å²) < 4.78 is 28.0. The number of hydrogen-bond acceptors (Lipinski definition) is 4. The zero-order valence-corrected chi connectivity index (χ0v) is 14.3. The van der Waals surface area contributed by atoms with E-state index in [1.54, 1.807) is 31.3 Å². The van der Waals surface area contributed by atoms with Crippen LogP contribution in [0.15, 0.2) is 46.0 Å². The van der Waals surface area contributed by atoms with Crippen molar-refractivity contribution in [2.45, 2.75) is 11.4 Å². The lowest BCUT2D eigenvalue weighted by molar-refractivity contribution is 0.601. The van der Waals surface area contributed by atoms with Crippen LogP contribution in [0, 0.1) is 0 Å². The number of hydrogen-bond donors (Lipinski definition) is 2. The van der Waals surface area contributed by atoms with Crippen molar-refractivity contribution < 1.29 is 8.42 Å². The van der Waals surface area contributed by atoms with Gasteiger partial charge in [0.05, 0.1) is 15.2 Å². The van der Waals surface area contributed by atoms with Crippen LogP contribution < -0.4 is 10.0 Å². The smallest absolute Gasteiger partial charge is 0.263 e. The highest BCUT2D eigenvalue weighted by molar-refractivity contribution is 9.10. The van der Waals surface area contributed by atoms with Crippen LogP contribution in [0.1, 0.15) is 5.56 Å². The van der Waals surface area contributed by atoms with Crippen LogP contribution in [0.2, 0.25) is 5.02 Å². The van der Waals surface area contributed by atoms with Gasteiger partial charge < -0.3 is 5.32 Å². The van der Waals surface area contributed by atoms with E-state index in [2.05, 4.69) is 31.0 Å². The molecule has 21 heavy (non-hydrogen) atoms. The Morgan fingerprint density at radius 2 is 2.10 bits per heavy atom. The maximum atomic E-state index is 12.5. The van der Waals surface area contributed by atoms with Crippen LogP contribution in [-0.2, 0) is 16.6 Å². The first-order valence-electron chi connectivity index (χ1n) is 5.99. The van der Waals surface area contributed by atoms with E-state index >= 15 is 0 Å². The summed E-state index contributed by atoms with van der Waals surface area (Å²) in [5, 5.41) is 3.14. The van der Waals surface area contributed by atoms with E-state index < -0.39 is 10.0 Å². The molecule has 1 aromatic carbocycles. The molecule has 1 heterocycles. The maximum absolute atomic E-state index is 12.5. The molecule has 0 aliphatic rings. The quantitative estimate of drug-likeness (QED) is 0.823. The summed E-state index contributed by atoms with van der Waals surface area (Å²) in [6.07, 6.45) is 3.01. The highest BCUT2D eigenvalue weighted by Gasteiger charge is 2.19. The van der Waals surface area contributed by atoms with Gasteiger partial charge in [0.15, 0.2) is 0 Å². The Balaban J connectivity index is 2.40. The molecule has 0 spiro atoms. The number of sulfonamides is 1. The van der Waals surface area contributed by atoms with Crippen molar-refractivity contribution in [3.8, 4) is 0 Å². The van der Waals surface area contributed by atoms with Gasteiger partial charge in [-0.2, -0.15) is 0 Å². The van der Waals surface area contributed by atoms with Gasteiger partial charge in [-0.15, -0.1) is 0 Å². The van der Waals surface area contributed by atoms with Gasteiger partial charge in [-0.3, -0.25) is 9.71 Å². The van der Waals surface area contributed by atoms with E-state index in [9.17, 15) is 8.42 Å². The monoisotopic (exact) mass is 389 g/mol. The largest absolute Gasteiger partial charge is 0.316 e. The number of anilines is 1. The Morgan fingerprint density at radius 3 is 2.76 bits per heavy atom. The lowest BCUT2D eigenvalue weighted by atomic mass is 10.2. The first-order valence-corrected chi connectivity index (χ1v) is 8.65. The summed E-state index contributed by atoms with van der Waals surface area (Å²) in [7, 11) is -1.99. The van der Waals surface area contributed by atoms with Gasteiger partial charge in [0.2, 0.25) is 0 Å². The second kappa shape index (κ2) is 6.74. The van der Waals surface area contributed by atoms with Gasteiger partial charge in [-0.25, -0.2) is 8.42 Å². The number of rotatable bonds is 5. The molecule has 0 saturated carbocycles. The number of nitrogens with one attached hydrogen (secondary N) is 2. The minimum atomic E-state index is -3.77. The molecule has 1 aromatic heterocycles. The summed E-state index contributed by atoms with van der Waals surface area (Å²) >= 11 is 9.27. The Hall–Kier alpha value is -1.15. The number of pyridine rings is 1. The Bertz CT molecular complexity index is 753. The molecular formula is C13H13BrClN3O2S. The van der Waals surface area contributed by atoms with Crippen LogP contribution >= 0.6 is 27.5 Å². The third-order valence-electron chi connectivity index (χ3n) is 2.68. The molecule has 0 radical (unpaired) electrons. The van der Waals surface area contributed by atoms with Gasteiger partial charge in [-0.1, -0.05) is 17.7 Å². The first kappa shape index (κ1) is 16.2. The van der Waals surface area contributed by atoms with Crippen LogP contribution in [-0.4, -0.2) is 20.4 Å². The Labute approximate surface area is 136 Å². The third-order valence-corrected chi connectivity index (χ3v) is 5.16. The number of benzene rings is 1. The third kappa shape index (κ3) is 3.94. The molecule has 0 saturated heterocycles. The Morgan fingerprint density at radius 1 is 1.33 bits per heavy atom. The second-order valence-electron chi connectivity index (χ2n) is 4.26. The topological polar surface area (TPSA) is 71.1 Å². The van der Waals surface area contributed by atoms with E-state index in [-0.39, 0.29) is 9.92 Å². The average molecular weight is 391 g/mol. The molecule has 8 heteroatoms. The summed E-state index contributed by atoms with van der Waals surface area (Å²) in [6, 6.07) is 6.47. The fourth-order valence-corrected chi connectivity index (χ4v) is 3.84. The standard InChI is InChI=1S/C13H13BrClN3O2S/c1-16-7-9-2-3-11(15)13(6-9)21(19,20)18-12-4-5-17-8-10(12)14/h2-6,8,16H,7H2,1H3,(H,17,18). The second-order valence-corrected chi connectivity index (χ2v) is 7.17. The predicted molar refractivity (Wildman–Crippen MR) is 87.0 cm³/mol. The number of aromatic nitrogens is 1. The minimum Gasteiger partial charge on any atom is -0.316 e. The van der Waals surface area contributed by atoms with Gasteiger partial charge in [0.25, 0.3) is 10.0 Å². The molecule has 2 aromatic rings. The SMILES string of the molecule is CNCc1ccc(Cl)c(S(=O)(=O)Nc2ccncc2Br)c1. The predicted octanol–water partition coefficient (Wildman–Crippen LogP) is 3.02. The van der Waals surface area contributed by atoms with Crippen molar-refractivity contribution in [2.24, 2.45) is 0 Å². The summed E-state index contributed by atoms with van der Waals surface area (Å²) in [4.78, 5) is 3.93. The molecule has 0 bridgehead atoms. The zero-order chi connectivity index (χ0) is 15.5. The minimum absolute atomic E-state index is 0.0422. The molecule has 2 rings (SSSR count). The van der Waals surface area contributed by atoms with Crippen molar-refractivity contribution >= 4 is 43.2 Å². The summed E-state index contributed by atoms with van der Waals surface area (Å²) in [5.74, 6) is 0. The van der Waals surface area contributed by atoms with Gasteiger partial charge >= 0.3 is 0 Å². The molecular weight excluding hydrogens is 378 g/mol. The number of nitrogens with zero attached hydrogens (tertiary/aromatic N) is 1. The maximum Gasteiger partial charge on any atom is 0.263 e. The lowest BCUT2D eigenvalue weighted by Crippen LogP contribution is -2.15. The van der Waals surface area contributed by atoms with Crippen molar-refractivity contribution in [2.75, 3.05) is 11.8 Å². The molecule has 112 valence electrons. The zero-order valence-electron chi connectivity index (χ0n) is 11.1. The van der Waals surface area contributed by atoms with E-state index in [4.69, 9.17) is 11.6 Å². The van der Waals surface area contributed by atoms with E-state index in [1.807, 2.05) is 0 Å². The fourth-order valence-electron chi connectivity index (χ4n) is 1.73. The van der Waals surface area contributed by atoms with Gasteiger partial charge in [0.1, 0.15) is 4.90 Å². The van der Waals surface area contributed by atoms with Crippen LogP contribution in [0.3, 0.4) is 0 Å². The van der Waals surface area contributed by atoms with Crippen LogP contribution in [0.5, 0.6) is 0 Å². The van der Waals surface area contributed by atoms with Crippen molar-refractivity contribution in [1.29, 1.82) is 0 Å². The van der Waals surface area contributed by atoms with Crippen molar-refractivity contribution in [3.63, 3.8) is 0 Å². The molecule has 0 amide bonds. The van der Waals surface area contributed by atoms with Gasteiger partial charge in [-0.05, 0) is 46.7 Å². The Kier molecular flexibility index (Phi) is 5.21. The molecule has 5 nitrogen and oxygen atoms in total. The molecule has 2 N–H and O–H groups in total. The molecule has 0 unspecified atom stereocenters. The van der Waals surface area contributed by atoms with Crippen molar-refractivity contribution in [1.82, 2.24) is 10.3 Å². The lowest BCUT2D eigenvalue weighted by Gasteiger charge is -2.12. The van der Waals surface area contributed by atoms with E-state index in [1.165, 1.54) is 12.4 Å².